The molecule has 2 aliphatic rings. The third-order valence-corrected chi connectivity index (χ3v) is 8.64. The van der Waals surface area contributed by atoms with Crippen LogP contribution in [0.2, 0.25) is 0 Å². The molecule has 0 amide bonds. The number of thioether (sulfide) groups is 1. The highest BCUT2D eigenvalue weighted by Gasteiger charge is 2.54. The van der Waals surface area contributed by atoms with Crippen molar-refractivity contribution in [2.45, 2.75) is 44.6 Å². The molecule has 9 heteroatoms. The highest BCUT2D eigenvalue weighted by Crippen LogP contribution is 2.54. The van der Waals surface area contributed by atoms with Crippen LogP contribution in [0.5, 0.6) is 0 Å². The molecule has 39 heavy (non-hydrogen) atoms. The summed E-state index contributed by atoms with van der Waals surface area (Å²) in [5, 5.41) is 13.4. The van der Waals surface area contributed by atoms with Crippen molar-refractivity contribution in [2.24, 2.45) is 5.41 Å². The maximum absolute atomic E-state index is 13.0. The Hall–Kier alpha value is -3.98. The Morgan fingerprint density at radius 3 is 2.56 bits per heavy atom. The number of benzene rings is 1. The Bertz CT molecular complexity index is 1570. The number of Topliss-reactive ketones (excluding diaryl/α,β-unsaturated/α-hetero) is 1. The van der Waals surface area contributed by atoms with Crippen molar-refractivity contribution in [3.05, 3.63) is 83.3 Å². The number of allylic oxidation sites excluding steroid dienone is 2. The lowest BCUT2D eigenvalue weighted by Crippen LogP contribution is -2.53. The van der Waals surface area contributed by atoms with Crippen molar-refractivity contribution in [3.63, 3.8) is 0 Å². The van der Waals surface area contributed by atoms with Gasteiger partial charge in [0.1, 0.15) is 17.4 Å². The number of rotatable bonds is 8. The fourth-order valence-electron chi connectivity index (χ4n) is 5.87. The molecule has 0 bridgehead atoms. The molecular formula is C30H29N5O3S. The number of hydrogen-bond acceptors (Lipinski definition) is 7. The number of aliphatic carboxylic acids is 1. The van der Waals surface area contributed by atoms with E-state index in [1.807, 2.05) is 59.4 Å². The molecule has 2 N–H and O–H groups in total. The number of carbonyl (C=O) groups is 2. The van der Waals surface area contributed by atoms with Gasteiger partial charge < -0.3 is 10.4 Å². The number of nitrogens with one attached hydrogen (secondary N) is 1. The summed E-state index contributed by atoms with van der Waals surface area (Å²) in [5.41, 5.74) is 4.45. The predicted octanol–water partition coefficient (Wildman–Crippen LogP) is 5.18. The van der Waals surface area contributed by atoms with Crippen molar-refractivity contribution in [1.29, 1.82) is 0 Å². The topological polar surface area (TPSA) is 110 Å². The Labute approximate surface area is 230 Å². The van der Waals surface area contributed by atoms with Gasteiger partial charge in [-0.05, 0) is 61.1 Å². The quantitative estimate of drug-likeness (QED) is 0.315. The fraction of sp³-hybridized carbons (Fsp3) is 0.300. The van der Waals surface area contributed by atoms with E-state index in [1.165, 1.54) is 11.8 Å². The zero-order chi connectivity index (χ0) is 27.0. The van der Waals surface area contributed by atoms with Gasteiger partial charge in [0, 0.05) is 42.0 Å². The molecule has 0 aliphatic heterocycles. The predicted molar refractivity (Wildman–Crippen MR) is 151 cm³/mol. The average Bonchev–Trinajstić information content (AvgIpc) is 3.37. The fourth-order valence-corrected chi connectivity index (χ4v) is 6.71. The summed E-state index contributed by atoms with van der Waals surface area (Å²) in [6.45, 7) is 0. The molecule has 198 valence electrons. The van der Waals surface area contributed by atoms with Gasteiger partial charge in [0.2, 0.25) is 0 Å². The first-order valence-electron chi connectivity index (χ1n) is 13.2. The molecule has 1 fully saturated rings. The number of carboxylic acids is 1. The molecule has 3 aromatic heterocycles. The minimum absolute atomic E-state index is 0.177. The second kappa shape index (κ2) is 10.3. The number of pyridine rings is 2. The molecule has 1 aromatic carbocycles. The molecule has 1 atom stereocenters. The lowest BCUT2D eigenvalue weighted by Gasteiger charge is -2.47. The average molecular weight is 540 g/mol. The lowest BCUT2D eigenvalue weighted by atomic mass is 9.62. The van der Waals surface area contributed by atoms with E-state index in [-0.39, 0.29) is 5.78 Å². The third-order valence-electron chi connectivity index (χ3n) is 7.84. The largest absolute Gasteiger partial charge is 0.480 e. The lowest BCUT2D eigenvalue weighted by molar-refractivity contribution is -0.140. The van der Waals surface area contributed by atoms with Crippen LogP contribution in [0.1, 0.15) is 37.7 Å². The SMILES string of the molecule is CSC1=C(N[C@@H](Cc2ccc(-n3c(-c4cccnc4)nc4cccnc43)cc2)C(=O)O)C2(CCCCC2)C1=O. The molecule has 0 radical (unpaired) electrons. The first-order chi connectivity index (χ1) is 19.0. The number of hydrogen-bond donors (Lipinski definition) is 2. The van der Waals surface area contributed by atoms with Crippen molar-refractivity contribution in [2.75, 3.05) is 6.26 Å². The maximum atomic E-state index is 13.0. The Morgan fingerprint density at radius 2 is 1.87 bits per heavy atom. The van der Waals surface area contributed by atoms with Gasteiger partial charge in [-0.1, -0.05) is 31.4 Å². The van der Waals surface area contributed by atoms with Crippen LogP contribution in [0.4, 0.5) is 0 Å². The van der Waals surface area contributed by atoms with Crippen LogP contribution in [0, 0.1) is 5.41 Å². The van der Waals surface area contributed by atoms with Crippen LogP contribution >= 0.6 is 11.8 Å². The minimum atomic E-state index is -0.930. The summed E-state index contributed by atoms with van der Waals surface area (Å²) in [6.07, 6.45) is 12.1. The van der Waals surface area contributed by atoms with Crippen molar-refractivity contribution in [3.8, 4) is 17.1 Å². The van der Waals surface area contributed by atoms with Gasteiger partial charge in [-0.2, -0.15) is 0 Å². The number of imidazole rings is 1. The van der Waals surface area contributed by atoms with Crippen molar-refractivity contribution >= 4 is 34.7 Å². The normalized spacial score (nSPS) is 17.3. The zero-order valence-corrected chi connectivity index (χ0v) is 22.4. The summed E-state index contributed by atoms with van der Waals surface area (Å²) in [7, 11) is 0. The molecule has 8 nitrogen and oxygen atoms in total. The molecule has 1 spiro atoms. The van der Waals surface area contributed by atoms with Gasteiger partial charge in [-0.25, -0.2) is 14.8 Å². The van der Waals surface area contributed by atoms with Crippen molar-refractivity contribution in [1.82, 2.24) is 24.8 Å². The van der Waals surface area contributed by atoms with Crippen LogP contribution in [0.25, 0.3) is 28.2 Å². The molecule has 3 heterocycles. The van der Waals surface area contributed by atoms with Crippen LogP contribution in [0.3, 0.4) is 0 Å². The van der Waals surface area contributed by atoms with E-state index in [0.29, 0.717) is 11.3 Å². The van der Waals surface area contributed by atoms with E-state index in [0.717, 1.165) is 71.6 Å². The van der Waals surface area contributed by atoms with Crippen LogP contribution in [-0.4, -0.2) is 48.7 Å². The van der Waals surface area contributed by atoms with E-state index in [1.54, 1.807) is 18.6 Å². The first-order valence-corrected chi connectivity index (χ1v) is 14.4. The molecule has 0 unspecified atom stereocenters. The van der Waals surface area contributed by atoms with Gasteiger partial charge in [-0.15, -0.1) is 11.8 Å². The summed E-state index contributed by atoms with van der Waals surface area (Å²) >= 11 is 1.41. The Morgan fingerprint density at radius 1 is 1.10 bits per heavy atom. The van der Waals surface area contributed by atoms with E-state index >= 15 is 0 Å². The monoisotopic (exact) mass is 539 g/mol. The minimum Gasteiger partial charge on any atom is -0.480 e. The second-order valence-electron chi connectivity index (χ2n) is 10.1. The van der Waals surface area contributed by atoms with Gasteiger partial charge in [0.25, 0.3) is 0 Å². The molecule has 4 aromatic rings. The van der Waals surface area contributed by atoms with E-state index < -0.39 is 17.4 Å². The molecular weight excluding hydrogens is 510 g/mol. The van der Waals surface area contributed by atoms with Gasteiger partial charge >= 0.3 is 5.97 Å². The molecule has 0 saturated heterocycles. The molecule has 2 aliphatic carbocycles. The van der Waals surface area contributed by atoms with Crippen LogP contribution in [0.15, 0.2) is 77.7 Å². The maximum Gasteiger partial charge on any atom is 0.326 e. The molecule has 1 saturated carbocycles. The van der Waals surface area contributed by atoms with E-state index in [9.17, 15) is 14.7 Å². The van der Waals surface area contributed by atoms with E-state index in [2.05, 4.69) is 15.3 Å². The Balaban J connectivity index is 1.29. The summed E-state index contributed by atoms with van der Waals surface area (Å²) in [4.78, 5) is 39.6. The van der Waals surface area contributed by atoms with Crippen LogP contribution in [-0.2, 0) is 16.0 Å². The zero-order valence-electron chi connectivity index (χ0n) is 21.6. The first kappa shape index (κ1) is 25.3. The number of ketones is 1. The summed E-state index contributed by atoms with van der Waals surface area (Å²) < 4.78 is 1.99. The summed E-state index contributed by atoms with van der Waals surface area (Å²) in [5.74, 6) is -0.0177. The number of nitrogens with zero attached hydrogens (tertiary/aromatic N) is 4. The van der Waals surface area contributed by atoms with Gasteiger partial charge in [0.05, 0.1) is 10.3 Å². The van der Waals surface area contributed by atoms with Crippen LogP contribution < -0.4 is 5.32 Å². The second-order valence-corrected chi connectivity index (χ2v) is 11.0. The number of fused-ring (bicyclic) bond motifs is 1. The number of carbonyl (C=O) groups excluding carboxylic acids is 1. The van der Waals surface area contributed by atoms with Crippen molar-refractivity contribution < 1.29 is 14.7 Å². The smallest absolute Gasteiger partial charge is 0.326 e. The van der Waals surface area contributed by atoms with Gasteiger partial charge in [-0.3, -0.25) is 14.3 Å². The van der Waals surface area contributed by atoms with Gasteiger partial charge in [0.15, 0.2) is 11.4 Å². The highest BCUT2D eigenvalue weighted by atomic mass is 32.2. The number of aromatic nitrogens is 4. The highest BCUT2D eigenvalue weighted by molar-refractivity contribution is 8.03. The van der Waals surface area contributed by atoms with E-state index in [4.69, 9.17) is 4.98 Å². The molecule has 6 rings (SSSR count). The third kappa shape index (κ3) is 4.40. The number of carboxylic acid groups (broad SMARTS) is 1. The Kier molecular flexibility index (Phi) is 6.68. The summed E-state index contributed by atoms with van der Waals surface area (Å²) in [6, 6.07) is 14.6. The standard InChI is InChI=1S/C30H29N5O3S/c1-39-24-25(30(26(24)36)13-3-2-4-14-30)33-23(29(37)38)17-19-9-11-21(12-10-19)35-27(20-7-5-15-31-18-20)34-22-8-6-16-32-28(22)35/h5-12,15-16,18,23,33H,2-4,13-14,17H2,1H3,(H,37,38)/t23-/m0/s1.